The van der Waals surface area contributed by atoms with Crippen LogP contribution in [0, 0.1) is 11.3 Å². The van der Waals surface area contributed by atoms with E-state index in [4.69, 9.17) is 5.26 Å². The zero-order valence-corrected chi connectivity index (χ0v) is 8.94. The van der Waals surface area contributed by atoms with Gasteiger partial charge in [-0.3, -0.25) is 0 Å². The Kier molecular flexibility index (Phi) is 3.00. The third-order valence-electron chi connectivity index (χ3n) is 2.73. The number of nitriles is 1. The summed E-state index contributed by atoms with van der Waals surface area (Å²) in [4.78, 5) is 0. The lowest BCUT2D eigenvalue weighted by atomic mass is 9.89. The molecule has 0 spiro atoms. The van der Waals surface area contributed by atoms with Crippen LogP contribution in [-0.4, -0.2) is 0 Å². The Morgan fingerprint density at radius 2 is 2.07 bits per heavy atom. The fourth-order valence-corrected chi connectivity index (χ4v) is 2.63. The number of hydrogen-bond acceptors (Lipinski definition) is 2. The fourth-order valence-electron chi connectivity index (χ4n) is 1.98. The molecule has 0 atom stereocenters. The van der Waals surface area contributed by atoms with E-state index < -0.39 is 0 Å². The zero-order valence-electron chi connectivity index (χ0n) is 8.12. The number of thiophene rings is 1. The van der Waals surface area contributed by atoms with Crippen LogP contribution in [0.3, 0.4) is 0 Å². The molecule has 0 amide bonds. The molecule has 0 saturated heterocycles. The lowest BCUT2D eigenvalue weighted by molar-refractivity contribution is 0.601. The molecule has 1 fully saturated rings. The summed E-state index contributed by atoms with van der Waals surface area (Å²) in [6.07, 6.45) is 6.08. The molecule has 0 N–H and O–H groups in total. The van der Waals surface area contributed by atoms with Crippen LogP contribution in [-0.2, 0) is 0 Å². The quantitative estimate of drug-likeness (QED) is 0.633. The number of hydrogen-bond donors (Lipinski definition) is 0. The summed E-state index contributed by atoms with van der Waals surface area (Å²) in [5.74, 6) is 0. The van der Waals surface area contributed by atoms with E-state index in [9.17, 15) is 0 Å². The zero-order chi connectivity index (χ0) is 9.80. The fraction of sp³-hybridized carbons (Fsp3) is 0.417. The van der Waals surface area contributed by atoms with Gasteiger partial charge in [0, 0.05) is 5.56 Å². The standard InChI is InChI=1S/C12H13NS/c13-8-12(11-6-7-14-9-11)10-4-2-1-3-5-10/h6-7,9H,1-5H2. The van der Waals surface area contributed by atoms with Crippen molar-refractivity contribution in [2.75, 3.05) is 0 Å². The van der Waals surface area contributed by atoms with E-state index in [1.54, 1.807) is 11.3 Å². The molecule has 0 unspecified atom stereocenters. The van der Waals surface area contributed by atoms with Crippen molar-refractivity contribution in [3.63, 3.8) is 0 Å². The van der Waals surface area contributed by atoms with Gasteiger partial charge in [-0.05, 0) is 42.5 Å². The van der Waals surface area contributed by atoms with Crippen molar-refractivity contribution in [1.29, 1.82) is 5.26 Å². The minimum absolute atomic E-state index is 0.936. The smallest absolute Gasteiger partial charge is 0.0997 e. The molecule has 2 heteroatoms. The molecule has 2 rings (SSSR count). The van der Waals surface area contributed by atoms with Crippen LogP contribution in [0.2, 0.25) is 0 Å². The molecular formula is C12H13NS. The highest BCUT2D eigenvalue weighted by Crippen LogP contribution is 2.30. The molecule has 1 aromatic rings. The van der Waals surface area contributed by atoms with E-state index in [0.29, 0.717) is 0 Å². The highest BCUT2D eigenvalue weighted by Gasteiger charge is 2.12. The van der Waals surface area contributed by atoms with Gasteiger partial charge in [-0.25, -0.2) is 0 Å². The summed E-state index contributed by atoms with van der Waals surface area (Å²) in [6, 6.07) is 4.41. The molecule has 1 aliphatic carbocycles. The van der Waals surface area contributed by atoms with Crippen LogP contribution < -0.4 is 0 Å². The number of rotatable bonds is 1. The van der Waals surface area contributed by atoms with Crippen molar-refractivity contribution in [2.45, 2.75) is 32.1 Å². The largest absolute Gasteiger partial charge is 0.192 e. The van der Waals surface area contributed by atoms with Crippen molar-refractivity contribution >= 4 is 16.9 Å². The van der Waals surface area contributed by atoms with Gasteiger partial charge in [-0.2, -0.15) is 16.6 Å². The highest BCUT2D eigenvalue weighted by atomic mass is 32.1. The van der Waals surface area contributed by atoms with Crippen LogP contribution in [0.1, 0.15) is 37.7 Å². The van der Waals surface area contributed by atoms with Crippen LogP contribution in [0.15, 0.2) is 22.4 Å². The summed E-state index contributed by atoms with van der Waals surface area (Å²) < 4.78 is 0. The first-order valence-corrected chi connectivity index (χ1v) is 6.01. The Morgan fingerprint density at radius 3 is 2.64 bits per heavy atom. The number of nitrogens with zero attached hydrogens (tertiary/aromatic N) is 1. The third kappa shape index (κ3) is 1.88. The van der Waals surface area contributed by atoms with E-state index in [1.807, 2.05) is 11.4 Å². The summed E-state index contributed by atoms with van der Waals surface area (Å²) in [5.41, 5.74) is 3.43. The van der Waals surface area contributed by atoms with Gasteiger partial charge in [0.05, 0.1) is 11.6 Å². The van der Waals surface area contributed by atoms with Crippen molar-refractivity contribution in [2.24, 2.45) is 0 Å². The lowest BCUT2D eigenvalue weighted by Crippen LogP contribution is -1.96. The van der Waals surface area contributed by atoms with Crippen molar-refractivity contribution in [1.82, 2.24) is 0 Å². The monoisotopic (exact) mass is 203 g/mol. The molecular weight excluding hydrogens is 190 g/mol. The van der Waals surface area contributed by atoms with E-state index >= 15 is 0 Å². The Bertz CT molecular complexity index is 360. The lowest BCUT2D eigenvalue weighted by Gasteiger charge is -2.15. The molecule has 1 nitrogen and oxygen atoms in total. The molecule has 14 heavy (non-hydrogen) atoms. The van der Waals surface area contributed by atoms with Crippen molar-refractivity contribution < 1.29 is 0 Å². The molecule has 1 heterocycles. The van der Waals surface area contributed by atoms with Crippen LogP contribution in [0.4, 0.5) is 0 Å². The molecule has 1 saturated carbocycles. The second kappa shape index (κ2) is 4.43. The van der Waals surface area contributed by atoms with Gasteiger partial charge in [-0.1, -0.05) is 12.0 Å². The topological polar surface area (TPSA) is 23.8 Å². The van der Waals surface area contributed by atoms with Gasteiger partial charge < -0.3 is 0 Å². The Labute approximate surface area is 88.7 Å². The maximum Gasteiger partial charge on any atom is 0.0997 e. The molecule has 0 radical (unpaired) electrons. The molecule has 72 valence electrons. The second-order valence-corrected chi connectivity index (χ2v) is 4.44. The number of allylic oxidation sites excluding steroid dienone is 2. The first kappa shape index (κ1) is 9.48. The van der Waals surface area contributed by atoms with Gasteiger partial charge in [0.1, 0.15) is 0 Å². The van der Waals surface area contributed by atoms with Gasteiger partial charge in [0.2, 0.25) is 0 Å². The predicted octanol–water partition coefficient (Wildman–Crippen LogP) is 3.99. The van der Waals surface area contributed by atoms with Gasteiger partial charge in [0.15, 0.2) is 0 Å². The van der Waals surface area contributed by atoms with E-state index in [2.05, 4.69) is 11.4 Å². The average Bonchev–Trinajstić information content (AvgIpc) is 2.74. The Morgan fingerprint density at radius 1 is 1.29 bits per heavy atom. The molecule has 0 bridgehead atoms. The maximum absolute atomic E-state index is 9.15. The second-order valence-electron chi connectivity index (χ2n) is 3.66. The van der Waals surface area contributed by atoms with Crippen molar-refractivity contribution in [3.8, 4) is 6.07 Å². The van der Waals surface area contributed by atoms with Gasteiger partial charge in [0.25, 0.3) is 0 Å². The summed E-state index contributed by atoms with van der Waals surface area (Å²) >= 11 is 1.66. The molecule has 1 aromatic heterocycles. The Balaban J connectivity index is 2.32. The van der Waals surface area contributed by atoms with E-state index in [0.717, 1.165) is 24.0 Å². The van der Waals surface area contributed by atoms with Crippen LogP contribution in [0.25, 0.3) is 5.57 Å². The average molecular weight is 203 g/mol. The molecule has 1 aliphatic rings. The molecule has 0 aliphatic heterocycles. The first-order chi connectivity index (χ1) is 6.92. The van der Waals surface area contributed by atoms with Crippen molar-refractivity contribution in [3.05, 3.63) is 28.0 Å². The van der Waals surface area contributed by atoms with E-state index in [-0.39, 0.29) is 0 Å². The summed E-state index contributed by atoms with van der Waals surface area (Å²) in [5, 5.41) is 13.3. The first-order valence-electron chi connectivity index (χ1n) is 5.06. The minimum Gasteiger partial charge on any atom is -0.192 e. The predicted molar refractivity (Wildman–Crippen MR) is 59.9 cm³/mol. The summed E-state index contributed by atoms with van der Waals surface area (Å²) in [6.45, 7) is 0. The van der Waals surface area contributed by atoms with Crippen LogP contribution >= 0.6 is 11.3 Å². The minimum atomic E-state index is 0.936. The van der Waals surface area contributed by atoms with Crippen LogP contribution in [0.5, 0.6) is 0 Å². The van der Waals surface area contributed by atoms with Gasteiger partial charge >= 0.3 is 0 Å². The Hall–Kier alpha value is -1.07. The maximum atomic E-state index is 9.15. The highest BCUT2D eigenvalue weighted by molar-refractivity contribution is 7.08. The normalized spacial score (nSPS) is 16.4. The van der Waals surface area contributed by atoms with Gasteiger partial charge in [-0.15, -0.1) is 0 Å². The third-order valence-corrected chi connectivity index (χ3v) is 3.42. The SMILES string of the molecule is N#CC(=C1CCCCC1)c1ccsc1. The summed E-state index contributed by atoms with van der Waals surface area (Å²) in [7, 11) is 0. The molecule has 0 aromatic carbocycles. The van der Waals surface area contributed by atoms with E-state index in [1.165, 1.54) is 24.8 Å².